The zero-order valence-electron chi connectivity index (χ0n) is 15.5. The molecule has 1 heterocycles. The van der Waals surface area contributed by atoms with Crippen LogP contribution in [0.25, 0.3) is 0 Å². The third kappa shape index (κ3) is 4.12. The Kier molecular flexibility index (Phi) is 6.52. The third-order valence-corrected chi connectivity index (χ3v) is 4.72. The van der Waals surface area contributed by atoms with Crippen molar-refractivity contribution < 1.29 is 23.1 Å². The van der Waals surface area contributed by atoms with Gasteiger partial charge in [0, 0.05) is 37.8 Å². The molecule has 1 aliphatic rings. The normalized spacial score (nSPS) is 20.1. The maximum atomic E-state index is 14.0. The molecule has 0 aliphatic carbocycles. The van der Waals surface area contributed by atoms with Gasteiger partial charge in [-0.1, -0.05) is 0 Å². The molecule has 1 aliphatic heterocycles. The number of methoxy groups -OCH3 is 1. The van der Waals surface area contributed by atoms with E-state index in [1.54, 1.807) is 11.9 Å². The lowest BCUT2D eigenvalue weighted by molar-refractivity contribution is -0.135. The number of carbonyl (C=O) groups excluding carboxylic acids is 2. The van der Waals surface area contributed by atoms with E-state index in [1.165, 1.54) is 7.11 Å². The van der Waals surface area contributed by atoms with Gasteiger partial charge in [-0.2, -0.15) is 0 Å². The first kappa shape index (κ1) is 20.1. The molecule has 26 heavy (non-hydrogen) atoms. The first-order valence-corrected chi connectivity index (χ1v) is 8.65. The molecule has 2 rings (SSSR count). The number of ether oxygens (including phenoxy) is 1. The second-order valence-corrected chi connectivity index (χ2v) is 6.34. The Bertz CT molecular complexity index is 657. The van der Waals surface area contributed by atoms with E-state index in [9.17, 15) is 18.4 Å². The second-order valence-electron chi connectivity index (χ2n) is 6.34. The Hall–Kier alpha value is -2.22. The molecular weight excluding hydrogens is 344 g/mol. The Morgan fingerprint density at radius 3 is 2.35 bits per heavy atom. The highest BCUT2D eigenvalue weighted by molar-refractivity contribution is 5.95. The zero-order valence-corrected chi connectivity index (χ0v) is 15.5. The van der Waals surface area contributed by atoms with Gasteiger partial charge < -0.3 is 15.0 Å². The summed E-state index contributed by atoms with van der Waals surface area (Å²) in [6.07, 6.45) is 0.400. The summed E-state index contributed by atoms with van der Waals surface area (Å²) in [7, 11) is 3.09. The van der Waals surface area contributed by atoms with Gasteiger partial charge in [-0.3, -0.25) is 14.5 Å². The SMILES string of the molecule is CCN(CC)C(=O)[C@@H]1C[C@H](NC(=O)c2c(F)cc(OC)cc2F)CN1C. The summed E-state index contributed by atoms with van der Waals surface area (Å²) in [6, 6.07) is 1.21. The molecule has 0 bridgehead atoms. The van der Waals surface area contributed by atoms with Crippen molar-refractivity contribution in [3.63, 3.8) is 0 Å². The van der Waals surface area contributed by atoms with E-state index in [0.29, 0.717) is 26.1 Å². The van der Waals surface area contributed by atoms with Crippen LogP contribution < -0.4 is 10.1 Å². The molecule has 1 N–H and O–H groups in total. The van der Waals surface area contributed by atoms with Crippen molar-refractivity contribution in [3.8, 4) is 5.75 Å². The maximum Gasteiger partial charge on any atom is 0.257 e. The fourth-order valence-corrected chi connectivity index (χ4v) is 3.28. The van der Waals surface area contributed by atoms with Gasteiger partial charge in [-0.15, -0.1) is 0 Å². The lowest BCUT2D eigenvalue weighted by Crippen LogP contribution is -2.44. The number of hydrogen-bond acceptors (Lipinski definition) is 4. The first-order chi connectivity index (χ1) is 12.3. The molecule has 1 fully saturated rings. The molecule has 1 saturated heterocycles. The van der Waals surface area contributed by atoms with Crippen LogP contribution in [0, 0.1) is 11.6 Å². The minimum Gasteiger partial charge on any atom is -0.497 e. The molecule has 2 atom stereocenters. The summed E-state index contributed by atoms with van der Waals surface area (Å²) in [4.78, 5) is 28.4. The van der Waals surface area contributed by atoms with E-state index in [2.05, 4.69) is 5.32 Å². The van der Waals surface area contributed by atoms with E-state index in [0.717, 1.165) is 12.1 Å². The molecule has 6 nitrogen and oxygen atoms in total. The number of rotatable bonds is 6. The number of amides is 2. The molecule has 0 aromatic heterocycles. The van der Waals surface area contributed by atoms with E-state index in [1.807, 2.05) is 18.7 Å². The largest absolute Gasteiger partial charge is 0.497 e. The Morgan fingerprint density at radius 1 is 1.27 bits per heavy atom. The summed E-state index contributed by atoms with van der Waals surface area (Å²) in [5, 5.41) is 2.63. The number of nitrogens with zero attached hydrogens (tertiary/aromatic N) is 2. The van der Waals surface area contributed by atoms with Crippen LogP contribution in [0.5, 0.6) is 5.75 Å². The van der Waals surface area contributed by atoms with Gasteiger partial charge in [0.2, 0.25) is 5.91 Å². The van der Waals surface area contributed by atoms with Crippen LogP contribution in [0.4, 0.5) is 8.78 Å². The molecule has 2 amide bonds. The van der Waals surface area contributed by atoms with E-state index in [-0.39, 0.29) is 23.7 Å². The van der Waals surface area contributed by atoms with Gasteiger partial charge in [-0.25, -0.2) is 8.78 Å². The minimum atomic E-state index is -0.985. The van der Waals surface area contributed by atoms with Crippen molar-refractivity contribution in [2.24, 2.45) is 0 Å². The summed E-state index contributed by atoms with van der Waals surface area (Å²) in [5.74, 6) is -2.81. The van der Waals surface area contributed by atoms with Crippen molar-refractivity contribution in [2.45, 2.75) is 32.4 Å². The summed E-state index contributed by atoms with van der Waals surface area (Å²) in [5.41, 5.74) is -0.646. The van der Waals surface area contributed by atoms with Crippen LogP contribution in [0.1, 0.15) is 30.6 Å². The van der Waals surface area contributed by atoms with Crippen LogP contribution >= 0.6 is 0 Å². The lowest BCUT2D eigenvalue weighted by atomic mass is 10.1. The second kappa shape index (κ2) is 8.44. The van der Waals surface area contributed by atoms with Crippen LogP contribution in [-0.4, -0.2) is 67.5 Å². The van der Waals surface area contributed by atoms with Gasteiger partial charge >= 0.3 is 0 Å². The summed E-state index contributed by atoms with van der Waals surface area (Å²) < 4.78 is 32.9. The van der Waals surface area contributed by atoms with Gasteiger partial charge in [0.1, 0.15) is 22.9 Å². The van der Waals surface area contributed by atoms with Gasteiger partial charge in [0.15, 0.2) is 0 Å². The van der Waals surface area contributed by atoms with Gasteiger partial charge in [0.05, 0.1) is 13.2 Å². The lowest BCUT2D eigenvalue weighted by Gasteiger charge is -2.26. The van der Waals surface area contributed by atoms with Crippen molar-refractivity contribution in [1.82, 2.24) is 15.1 Å². The third-order valence-electron chi connectivity index (χ3n) is 4.72. The Morgan fingerprint density at radius 2 is 1.85 bits per heavy atom. The summed E-state index contributed by atoms with van der Waals surface area (Å²) in [6.45, 7) is 5.47. The number of hydrogen-bond donors (Lipinski definition) is 1. The quantitative estimate of drug-likeness (QED) is 0.828. The molecule has 0 saturated carbocycles. The predicted octanol–water partition coefficient (Wildman–Crippen LogP) is 1.64. The van der Waals surface area contributed by atoms with Crippen molar-refractivity contribution in [2.75, 3.05) is 33.8 Å². The van der Waals surface area contributed by atoms with Crippen molar-refractivity contribution in [1.29, 1.82) is 0 Å². The molecule has 0 radical (unpaired) electrons. The highest BCUT2D eigenvalue weighted by Crippen LogP contribution is 2.22. The van der Waals surface area contributed by atoms with Gasteiger partial charge in [-0.05, 0) is 27.3 Å². The Balaban J connectivity index is 2.08. The fraction of sp³-hybridized carbons (Fsp3) is 0.556. The molecular formula is C18H25F2N3O3. The first-order valence-electron chi connectivity index (χ1n) is 8.65. The van der Waals surface area contributed by atoms with E-state index >= 15 is 0 Å². The van der Waals surface area contributed by atoms with Crippen molar-refractivity contribution in [3.05, 3.63) is 29.3 Å². The number of likely N-dealkylation sites (tertiary alicyclic amines) is 1. The average molecular weight is 369 g/mol. The average Bonchev–Trinajstić information content (AvgIpc) is 2.95. The molecule has 0 unspecified atom stereocenters. The summed E-state index contributed by atoms with van der Waals surface area (Å²) >= 11 is 0. The fourth-order valence-electron chi connectivity index (χ4n) is 3.28. The molecule has 0 spiro atoms. The Labute approximate surface area is 152 Å². The van der Waals surface area contributed by atoms with Gasteiger partial charge in [0.25, 0.3) is 5.91 Å². The number of halogens is 2. The van der Waals surface area contributed by atoms with Crippen LogP contribution in [0.15, 0.2) is 12.1 Å². The highest BCUT2D eigenvalue weighted by Gasteiger charge is 2.37. The van der Waals surface area contributed by atoms with Crippen LogP contribution in [-0.2, 0) is 4.79 Å². The number of carbonyl (C=O) groups is 2. The topological polar surface area (TPSA) is 61.9 Å². The molecule has 1 aromatic carbocycles. The molecule has 1 aromatic rings. The number of likely N-dealkylation sites (N-methyl/N-ethyl adjacent to an activating group) is 2. The predicted molar refractivity (Wildman–Crippen MR) is 93.1 cm³/mol. The molecule has 8 heteroatoms. The van der Waals surface area contributed by atoms with E-state index in [4.69, 9.17) is 4.74 Å². The van der Waals surface area contributed by atoms with Crippen LogP contribution in [0.2, 0.25) is 0 Å². The van der Waals surface area contributed by atoms with Crippen molar-refractivity contribution >= 4 is 11.8 Å². The smallest absolute Gasteiger partial charge is 0.257 e. The monoisotopic (exact) mass is 369 g/mol. The number of nitrogens with one attached hydrogen (secondary N) is 1. The zero-order chi connectivity index (χ0) is 19.4. The maximum absolute atomic E-state index is 14.0. The van der Waals surface area contributed by atoms with E-state index < -0.39 is 23.1 Å². The minimum absolute atomic E-state index is 0.00188. The number of benzene rings is 1. The van der Waals surface area contributed by atoms with Crippen LogP contribution in [0.3, 0.4) is 0 Å². The highest BCUT2D eigenvalue weighted by atomic mass is 19.1. The standard InChI is InChI=1S/C18H25F2N3O3/c1-5-23(6-2)18(25)15-7-11(10-22(15)3)21-17(24)16-13(19)8-12(26-4)9-14(16)20/h8-9,11,15H,5-7,10H2,1-4H3,(H,21,24)/t11-,15-/m0/s1. The molecule has 144 valence electrons.